The first-order valence-corrected chi connectivity index (χ1v) is 35.7. The molecule has 0 aromatic rings. The summed E-state index contributed by atoms with van der Waals surface area (Å²) in [6.07, 6.45) is 57.3. The van der Waals surface area contributed by atoms with Gasteiger partial charge in [0.2, 0.25) is 0 Å². The normalized spacial score (nSPS) is 17.5. The van der Waals surface area contributed by atoms with Crippen molar-refractivity contribution in [3.63, 3.8) is 0 Å². The van der Waals surface area contributed by atoms with E-state index in [-0.39, 0.29) is 25.9 Å². The van der Waals surface area contributed by atoms with Gasteiger partial charge in [-0.15, -0.1) is 0 Å². The highest BCUT2D eigenvalue weighted by molar-refractivity contribution is 5.74. The van der Waals surface area contributed by atoms with Crippen molar-refractivity contribution in [3.8, 4) is 0 Å². The number of carboxylic acids is 1. The lowest BCUT2D eigenvalue weighted by Crippen LogP contribution is -2.61. The number of esters is 3. The van der Waals surface area contributed by atoms with Crippen molar-refractivity contribution in [2.24, 2.45) is 0 Å². The van der Waals surface area contributed by atoms with Crippen LogP contribution in [0.4, 0.5) is 0 Å². The molecular formula is C71H132O12. The van der Waals surface area contributed by atoms with Crippen LogP contribution in [0.3, 0.4) is 0 Å². The highest BCUT2D eigenvalue weighted by atomic mass is 16.7. The first-order chi connectivity index (χ1) is 40.6. The number of aliphatic carboxylic acids is 1. The van der Waals surface area contributed by atoms with Gasteiger partial charge in [-0.1, -0.05) is 315 Å². The van der Waals surface area contributed by atoms with Gasteiger partial charge in [0, 0.05) is 19.3 Å². The molecular weight excluding hydrogens is 1040 g/mol. The number of carbonyl (C=O) groups is 4. The van der Waals surface area contributed by atoms with Crippen LogP contribution in [0.5, 0.6) is 0 Å². The van der Waals surface area contributed by atoms with Gasteiger partial charge in [-0.3, -0.25) is 14.4 Å². The zero-order chi connectivity index (χ0) is 60.3. The summed E-state index contributed by atoms with van der Waals surface area (Å²) in [4.78, 5) is 51.5. The number of unbranched alkanes of at least 4 members (excludes halogenated alkanes) is 47. The van der Waals surface area contributed by atoms with Gasteiger partial charge in [0.25, 0.3) is 0 Å². The molecule has 0 aliphatic carbocycles. The molecule has 6 unspecified atom stereocenters. The molecule has 0 saturated carbocycles. The van der Waals surface area contributed by atoms with Crippen molar-refractivity contribution in [1.82, 2.24) is 0 Å². The van der Waals surface area contributed by atoms with E-state index in [1.54, 1.807) is 0 Å². The van der Waals surface area contributed by atoms with Crippen LogP contribution in [0.1, 0.15) is 367 Å². The molecule has 1 heterocycles. The summed E-state index contributed by atoms with van der Waals surface area (Å²) in [6, 6.07) is 0. The molecule has 3 N–H and O–H groups in total. The molecule has 0 radical (unpaired) electrons. The number of hydrogen-bond acceptors (Lipinski definition) is 11. The monoisotopic (exact) mass is 1180 g/mol. The topological polar surface area (TPSA) is 175 Å². The van der Waals surface area contributed by atoms with E-state index in [4.69, 9.17) is 23.7 Å². The molecule has 0 spiro atoms. The van der Waals surface area contributed by atoms with Crippen LogP contribution < -0.4 is 0 Å². The second-order valence-corrected chi connectivity index (χ2v) is 24.9. The molecule has 0 amide bonds. The van der Waals surface area contributed by atoms with Crippen molar-refractivity contribution in [2.75, 3.05) is 13.2 Å². The Kier molecular flexibility index (Phi) is 56.5. The minimum atomic E-state index is -1.90. The average molecular weight is 1180 g/mol. The fraction of sp³-hybridized carbons (Fsp3) is 0.915. The smallest absolute Gasteiger partial charge is 0.335 e. The second-order valence-electron chi connectivity index (χ2n) is 24.9. The van der Waals surface area contributed by atoms with Crippen LogP contribution in [-0.2, 0) is 42.9 Å². The number of hydrogen-bond donors (Lipinski definition) is 3. The molecule has 1 rings (SSSR count). The van der Waals surface area contributed by atoms with E-state index in [1.165, 1.54) is 250 Å². The predicted molar refractivity (Wildman–Crippen MR) is 340 cm³/mol. The molecule has 12 heteroatoms. The molecule has 488 valence electrons. The van der Waals surface area contributed by atoms with Gasteiger partial charge in [0.15, 0.2) is 24.6 Å². The molecule has 1 aliphatic rings. The predicted octanol–water partition coefficient (Wildman–Crippen LogP) is 19.6. The third-order valence-corrected chi connectivity index (χ3v) is 16.8. The minimum Gasteiger partial charge on any atom is -0.479 e. The van der Waals surface area contributed by atoms with Crippen molar-refractivity contribution in [1.29, 1.82) is 0 Å². The first kappa shape index (κ1) is 78.5. The van der Waals surface area contributed by atoms with Gasteiger partial charge >= 0.3 is 23.9 Å². The van der Waals surface area contributed by atoms with Crippen molar-refractivity contribution < 1.29 is 58.2 Å². The van der Waals surface area contributed by atoms with Crippen LogP contribution >= 0.6 is 0 Å². The zero-order valence-electron chi connectivity index (χ0n) is 54.2. The van der Waals surface area contributed by atoms with E-state index in [0.29, 0.717) is 19.3 Å². The molecule has 0 aromatic carbocycles. The maximum atomic E-state index is 13.2. The standard InChI is InChI=1S/C71H132O12/c1-4-7-10-13-16-19-22-25-28-31-32-35-36-39-42-45-48-51-54-57-63(72)79-60-62(81-64(73)58-55-52-49-46-43-40-37-33-29-26-23-20-17-14-11-8-5-2)61-80-71-69(67(76)66(75)68(83-71)70(77)78)82-65(74)59-56-53-50-47-44-41-38-34-30-27-24-21-18-15-12-9-6-3/h25,28,62,66-69,71,75-76H,4-24,26-27,29-61H2,1-3H3,(H,77,78)/b28-25-. The number of aliphatic hydroxyl groups excluding tert-OH is 2. The van der Waals surface area contributed by atoms with E-state index >= 15 is 0 Å². The molecule has 6 atom stereocenters. The highest BCUT2D eigenvalue weighted by Gasteiger charge is 2.50. The Labute approximate surface area is 509 Å². The summed E-state index contributed by atoms with van der Waals surface area (Å²) in [5.74, 6) is -3.06. The number of aliphatic hydroxyl groups is 2. The Morgan fingerprint density at radius 2 is 0.687 bits per heavy atom. The third-order valence-electron chi connectivity index (χ3n) is 16.8. The fourth-order valence-electron chi connectivity index (χ4n) is 11.4. The van der Waals surface area contributed by atoms with Crippen LogP contribution in [-0.4, -0.2) is 89.2 Å². The van der Waals surface area contributed by atoms with Gasteiger partial charge < -0.3 is 39.0 Å². The van der Waals surface area contributed by atoms with E-state index in [2.05, 4.69) is 32.9 Å². The quantitative estimate of drug-likeness (QED) is 0.0228. The van der Waals surface area contributed by atoms with Crippen molar-refractivity contribution >= 4 is 23.9 Å². The van der Waals surface area contributed by atoms with Crippen LogP contribution in [0, 0.1) is 0 Å². The molecule has 12 nitrogen and oxygen atoms in total. The van der Waals surface area contributed by atoms with Gasteiger partial charge in [0.05, 0.1) is 6.61 Å². The SMILES string of the molecule is CCCCCCCC/C=C\CCCCCCCCCCCC(=O)OCC(COC1OC(C(=O)O)C(O)C(O)C1OC(=O)CCCCCCCCCCCCCCCCCCC)OC(=O)CCCCCCCCCCCCCCCCCCC. The number of allylic oxidation sites excluding steroid dienone is 2. The van der Waals surface area contributed by atoms with Gasteiger partial charge in [-0.05, 0) is 44.9 Å². The summed E-state index contributed by atoms with van der Waals surface area (Å²) in [6.45, 7) is 6.08. The van der Waals surface area contributed by atoms with Crippen LogP contribution in [0.15, 0.2) is 12.2 Å². The van der Waals surface area contributed by atoms with Gasteiger partial charge in [-0.2, -0.15) is 0 Å². The number of ether oxygens (including phenoxy) is 5. The lowest BCUT2D eigenvalue weighted by atomic mass is 9.98. The molecule has 0 bridgehead atoms. The van der Waals surface area contributed by atoms with E-state index in [9.17, 15) is 34.5 Å². The lowest BCUT2D eigenvalue weighted by Gasteiger charge is -2.40. The number of rotatable bonds is 63. The maximum Gasteiger partial charge on any atom is 0.335 e. The summed E-state index contributed by atoms with van der Waals surface area (Å²) < 4.78 is 28.7. The summed E-state index contributed by atoms with van der Waals surface area (Å²) in [5, 5.41) is 31.7. The largest absolute Gasteiger partial charge is 0.479 e. The molecule has 0 aromatic heterocycles. The zero-order valence-corrected chi connectivity index (χ0v) is 54.2. The summed E-state index contributed by atoms with van der Waals surface area (Å²) in [7, 11) is 0. The van der Waals surface area contributed by atoms with Gasteiger partial charge in [0.1, 0.15) is 18.8 Å². The number of carboxylic acid groups (broad SMARTS) is 1. The van der Waals surface area contributed by atoms with Crippen LogP contribution in [0.25, 0.3) is 0 Å². The molecule has 1 saturated heterocycles. The lowest BCUT2D eigenvalue weighted by molar-refractivity contribution is -0.301. The van der Waals surface area contributed by atoms with Gasteiger partial charge in [-0.25, -0.2) is 4.79 Å². The first-order valence-electron chi connectivity index (χ1n) is 35.7. The molecule has 83 heavy (non-hydrogen) atoms. The Morgan fingerprint density at radius 3 is 1.02 bits per heavy atom. The van der Waals surface area contributed by atoms with Crippen molar-refractivity contribution in [2.45, 2.75) is 404 Å². The van der Waals surface area contributed by atoms with Crippen molar-refractivity contribution in [3.05, 3.63) is 12.2 Å². The Morgan fingerprint density at radius 1 is 0.386 bits per heavy atom. The number of carbonyl (C=O) groups excluding carboxylic acids is 3. The third kappa shape index (κ3) is 49.2. The minimum absolute atomic E-state index is 0.0697. The second kappa shape index (κ2) is 59.8. The average Bonchev–Trinajstić information content (AvgIpc) is 3.59. The Balaban J connectivity index is 2.60. The Hall–Kier alpha value is -2.54. The summed E-state index contributed by atoms with van der Waals surface area (Å²) >= 11 is 0. The Bertz CT molecular complexity index is 1490. The van der Waals surface area contributed by atoms with Crippen LogP contribution in [0.2, 0.25) is 0 Å². The summed E-state index contributed by atoms with van der Waals surface area (Å²) in [5.41, 5.74) is 0. The van der Waals surface area contributed by atoms with E-state index in [1.807, 2.05) is 0 Å². The molecule has 1 aliphatic heterocycles. The fourth-order valence-corrected chi connectivity index (χ4v) is 11.4. The molecule has 1 fully saturated rings. The highest BCUT2D eigenvalue weighted by Crippen LogP contribution is 2.27. The van der Waals surface area contributed by atoms with E-state index < -0.39 is 67.3 Å². The van der Waals surface area contributed by atoms with E-state index in [0.717, 1.165) is 57.8 Å². The maximum absolute atomic E-state index is 13.2.